The van der Waals surface area contributed by atoms with Crippen LogP contribution in [0.15, 0.2) is 24.3 Å². The van der Waals surface area contributed by atoms with Crippen molar-refractivity contribution < 1.29 is 14.6 Å². The van der Waals surface area contributed by atoms with E-state index in [2.05, 4.69) is 18.2 Å². The second-order valence-electron chi connectivity index (χ2n) is 4.14. The summed E-state index contributed by atoms with van der Waals surface area (Å²) >= 11 is 0. The zero-order valence-corrected chi connectivity index (χ0v) is 11.1. The van der Waals surface area contributed by atoms with Crippen LogP contribution in [-0.2, 0) is 0 Å². The van der Waals surface area contributed by atoms with Crippen molar-refractivity contribution in [1.82, 2.24) is 5.32 Å². The Labute approximate surface area is 113 Å². The van der Waals surface area contributed by atoms with Crippen LogP contribution in [0.3, 0.4) is 0 Å². The molecular weight excluding hydrogens is 242 g/mol. The van der Waals surface area contributed by atoms with E-state index in [9.17, 15) is 4.79 Å². The molecule has 1 aromatic rings. The van der Waals surface area contributed by atoms with Crippen molar-refractivity contribution in [3.8, 4) is 18.1 Å². The third-order valence-electron chi connectivity index (χ3n) is 2.62. The van der Waals surface area contributed by atoms with Crippen LogP contribution in [0.2, 0.25) is 0 Å². The Morgan fingerprint density at radius 2 is 2.37 bits per heavy atom. The lowest BCUT2D eigenvalue weighted by Gasteiger charge is -2.12. The van der Waals surface area contributed by atoms with Crippen molar-refractivity contribution >= 4 is 5.97 Å². The lowest BCUT2D eigenvalue weighted by Crippen LogP contribution is -2.31. The van der Waals surface area contributed by atoms with Gasteiger partial charge in [-0.15, -0.1) is 6.42 Å². The summed E-state index contributed by atoms with van der Waals surface area (Å²) in [5.41, 5.74) is 0.220. The summed E-state index contributed by atoms with van der Waals surface area (Å²) in [6.45, 7) is 3.16. The quantitative estimate of drug-likeness (QED) is 0.556. The highest BCUT2D eigenvalue weighted by Crippen LogP contribution is 2.12. The smallest absolute Gasteiger partial charge is 0.335 e. The van der Waals surface area contributed by atoms with E-state index in [1.165, 1.54) is 12.1 Å². The molecule has 1 unspecified atom stereocenters. The molecule has 0 aliphatic heterocycles. The average molecular weight is 261 g/mol. The van der Waals surface area contributed by atoms with Crippen LogP contribution in [0.5, 0.6) is 5.75 Å². The van der Waals surface area contributed by atoms with Crippen molar-refractivity contribution in [3.05, 3.63) is 29.8 Å². The number of aromatic carboxylic acids is 1. The number of rotatable bonds is 8. The summed E-state index contributed by atoms with van der Waals surface area (Å²) in [5, 5.41) is 12.1. The van der Waals surface area contributed by atoms with E-state index < -0.39 is 5.97 Å². The van der Waals surface area contributed by atoms with Gasteiger partial charge in [-0.3, -0.25) is 0 Å². The number of carboxylic acids is 1. The monoisotopic (exact) mass is 261 g/mol. The number of benzene rings is 1. The fraction of sp³-hybridized carbons (Fsp3) is 0.400. The van der Waals surface area contributed by atoms with Gasteiger partial charge in [0.25, 0.3) is 0 Å². The topological polar surface area (TPSA) is 58.6 Å². The largest absolute Gasteiger partial charge is 0.492 e. The summed E-state index contributed by atoms with van der Waals surface area (Å²) in [4.78, 5) is 10.8. The molecule has 19 heavy (non-hydrogen) atoms. The van der Waals surface area contributed by atoms with Crippen molar-refractivity contribution in [2.45, 2.75) is 25.8 Å². The highest BCUT2D eigenvalue weighted by atomic mass is 16.5. The van der Waals surface area contributed by atoms with E-state index in [0.717, 1.165) is 12.8 Å². The molecule has 1 atom stereocenters. The minimum Gasteiger partial charge on any atom is -0.492 e. The molecule has 1 aromatic carbocycles. The van der Waals surface area contributed by atoms with Crippen molar-refractivity contribution in [2.75, 3.05) is 13.2 Å². The second kappa shape index (κ2) is 8.17. The maximum atomic E-state index is 10.8. The number of carbonyl (C=O) groups is 1. The van der Waals surface area contributed by atoms with Crippen LogP contribution >= 0.6 is 0 Å². The van der Waals surface area contributed by atoms with Gasteiger partial charge in [0, 0.05) is 6.54 Å². The molecule has 0 saturated carbocycles. The summed E-state index contributed by atoms with van der Waals surface area (Å²) in [6, 6.07) is 6.50. The standard InChI is InChI=1S/C15H19NO3/c1-3-6-13(4-2)16-9-10-19-14-8-5-7-12(11-14)15(17)18/h2,5,7-8,11,13,16H,3,6,9-10H2,1H3,(H,17,18). The Balaban J connectivity index is 2.35. The van der Waals surface area contributed by atoms with Crippen molar-refractivity contribution in [3.63, 3.8) is 0 Å². The normalized spacial score (nSPS) is 11.6. The third kappa shape index (κ3) is 5.45. The first-order valence-corrected chi connectivity index (χ1v) is 6.33. The van der Waals surface area contributed by atoms with E-state index in [-0.39, 0.29) is 11.6 Å². The number of hydrogen-bond acceptors (Lipinski definition) is 3. The highest BCUT2D eigenvalue weighted by Gasteiger charge is 2.04. The molecule has 0 aliphatic carbocycles. The molecule has 0 spiro atoms. The van der Waals surface area contributed by atoms with Gasteiger partial charge in [0.2, 0.25) is 0 Å². The molecule has 1 rings (SSSR count). The van der Waals surface area contributed by atoms with Crippen LogP contribution in [0.1, 0.15) is 30.1 Å². The minimum atomic E-state index is -0.959. The molecule has 4 heteroatoms. The Morgan fingerprint density at radius 3 is 3.00 bits per heavy atom. The molecule has 102 valence electrons. The minimum absolute atomic E-state index is 0.0685. The fourth-order valence-electron chi connectivity index (χ4n) is 1.65. The van der Waals surface area contributed by atoms with Crippen LogP contribution in [0.25, 0.3) is 0 Å². The van der Waals surface area contributed by atoms with Crippen LogP contribution in [-0.4, -0.2) is 30.3 Å². The molecule has 0 saturated heterocycles. The van der Waals surface area contributed by atoms with E-state index in [1.807, 2.05) is 0 Å². The zero-order valence-electron chi connectivity index (χ0n) is 11.1. The summed E-state index contributed by atoms with van der Waals surface area (Å²) in [5.74, 6) is 2.27. The number of terminal acetylenes is 1. The van der Waals surface area contributed by atoms with Gasteiger partial charge in [-0.05, 0) is 24.6 Å². The lowest BCUT2D eigenvalue weighted by atomic mass is 10.2. The van der Waals surface area contributed by atoms with Gasteiger partial charge < -0.3 is 15.2 Å². The van der Waals surface area contributed by atoms with Gasteiger partial charge in [0.1, 0.15) is 12.4 Å². The summed E-state index contributed by atoms with van der Waals surface area (Å²) in [6.07, 6.45) is 7.35. The molecular formula is C15H19NO3. The van der Waals surface area contributed by atoms with Gasteiger partial charge in [-0.2, -0.15) is 0 Å². The van der Waals surface area contributed by atoms with Gasteiger partial charge in [0.05, 0.1) is 11.6 Å². The Hall–Kier alpha value is -1.99. The first-order chi connectivity index (χ1) is 9.17. The molecule has 0 radical (unpaired) electrons. The number of ether oxygens (including phenoxy) is 1. The molecule has 4 nitrogen and oxygen atoms in total. The van der Waals surface area contributed by atoms with E-state index in [4.69, 9.17) is 16.3 Å². The molecule has 0 aliphatic rings. The summed E-state index contributed by atoms with van der Waals surface area (Å²) in [7, 11) is 0. The second-order valence-corrected chi connectivity index (χ2v) is 4.14. The van der Waals surface area contributed by atoms with E-state index in [1.54, 1.807) is 12.1 Å². The van der Waals surface area contributed by atoms with Gasteiger partial charge in [-0.1, -0.05) is 25.3 Å². The van der Waals surface area contributed by atoms with Crippen LogP contribution < -0.4 is 10.1 Å². The predicted octanol–water partition coefficient (Wildman–Crippen LogP) is 2.16. The zero-order chi connectivity index (χ0) is 14.1. The Morgan fingerprint density at radius 1 is 1.58 bits per heavy atom. The lowest BCUT2D eigenvalue weighted by molar-refractivity contribution is 0.0696. The van der Waals surface area contributed by atoms with Crippen molar-refractivity contribution in [1.29, 1.82) is 0 Å². The van der Waals surface area contributed by atoms with Gasteiger partial charge in [-0.25, -0.2) is 4.79 Å². The molecule has 0 aromatic heterocycles. The highest BCUT2D eigenvalue weighted by molar-refractivity contribution is 5.87. The van der Waals surface area contributed by atoms with Gasteiger partial charge >= 0.3 is 5.97 Å². The van der Waals surface area contributed by atoms with Crippen molar-refractivity contribution in [2.24, 2.45) is 0 Å². The van der Waals surface area contributed by atoms with Crippen LogP contribution in [0.4, 0.5) is 0 Å². The predicted molar refractivity (Wildman–Crippen MR) is 74.4 cm³/mol. The third-order valence-corrected chi connectivity index (χ3v) is 2.62. The maximum Gasteiger partial charge on any atom is 0.335 e. The van der Waals surface area contributed by atoms with Crippen LogP contribution in [0, 0.1) is 12.3 Å². The Kier molecular flexibility index (Phi) is 6.48. The number of carboxylic acid groups (broad SMARTS) is 1. The van der Waals surface area contributed by atoms with E-state index in [0.29, 0.717) is 18.9 Å². The molecule has 0 amide bonds. The maximum absolute atomic E-state index is 10.8. The number of hydrogen-bond donors (Lipinski definition) is 2. The Bertz CT molecular complexity index is 451. The molecule has 0 bridgehead atoms. The van der Waals surface area contributed by atoms with Gasteiger partial charge in [0.15, 0.2) is 0 Å². The molecule has 0 heterocycles. The average Bonchev–Trinajstić information content (AvgIpc) is 2.42. The SMILES string of the molecule is C#CC(CCC)NCCOc1cccc(C(=O)O)c1. The molecule has 2 N–H and O–H groups in total. The fourth-order valence-corrected chi connectivity index (χ4v) is 1.65. The first kappa shape index (κ1) is 15.1. The first-order valence-electron chi connectivity index (χ1n) is 6.33. The number of nitrogens with one attached hydrogen (secondary N) is 1. The summed E-state index contributed by atoms with van der Waals surface area (Å²) < 4.78 is 5.48. The molecule has 0 fully saturated rings. The van der Waals surface area contributed by atoms with E-state index >= 15 is 0 Å².